The molecule has 0 bridgehead atoms. The molecule has 1 aromatic heterocycles. The van der Waals surface area contributed by atoms with E-state index < -0.39 is 62.0 Å². The molecule has 15 heteroatoms. The lowest BCUT2D eigenvalue weighted by Crippen LogP contribution is -2.46. The molecule has 25 heavy (non-hydrogen) atoms. The van der Waals surface area contributed by atoms with Gasteiger partial charge in [0.2, 0.25) is 5.82 Å². The summed E-state index contributed by atoms with van der Waals surface area (Å²) in [5, 5.41) is 9.73. The van der Waals surface area contributed by atoms with Crippen molar-refractivity contribution in [1.29, 1.82) is 0 Å². The molecule has 0 spiro atoms. The van der Waals surface area contributed by atoms with Gasteiger partial charge >= 0.3 is 19.7 Å². The molecule has 1 aromatic rings. The maximum Gasteiger partial charge on any atom is 0.470 e. The number of halogens is 4. The smallest absolute Gasteiger partial charge is 0.390 e. The van der Waals surface area contributed by atoms with E-state index in [0.29, 0.717) is 10.8 Å². The zero-order valence-corrected chi connectivity index (χ0v) is 12.8. The number of aliphatic hydroxyl groups is 1. The van der Waals surface area contributed by atoms with Gasteiger partial charge in [0.05, 0.1) is 12.3 Å². The van der Waals surface area contributed by atoms with Gasteiger partial charge in [-0.1, -0.05) is 0 Å². The highest BCUT2D eigenvalue weighted by Gasteiger charge is 2.55. The lowest BCUT2D eigenvalue weighted by Gasteiger charge is -2.27. The van der Waals surface area contributed by atoms with Crippen LogP contribution in [0.2, 0.25) is 0 Å². The van der Waals surface area contributed by atoms with E-state index in [0.717, 1.165) is 0 Å². The van der Waals surface area contributed by atoms with Crippen LogP contribution in [0.5, 0.6) is 0 Å². The van der Waals surface area contributed by atoms with Crippen LogP contribution in [0.4, 0.5) is 17.6 Å². The number of hydrogen-bond donors (Lipinski definition) is 4. The Morgan fingerprint density at radius 2 is 2.00 bits per heavy atom. The van der Waals surface area contributed by atoms with Crippen molar-refractivity contribution in [3.63, 3.8) is 0 Å². The molecule has 1 aliphatic rings. The molecule has 0 amide bonds. The van der Waals surface area contributed by atoms with Gasteiger partial charge in [-0.3, -0.25) is 18.9 Å². The molecule has 142 valence electrons. The standard InChI is InChI=1S/C10H11F4N2O8P/c11-3-2-16(9(19)15-8(3)18)5-1-4(17)6(23-5)7(10(12,13)14)24-25(20,21)22/h2,4-7,17H,1H2,(H,15,18,19)(H2,20,21,22)/t4?,5-,6+,7+/m1/s1. The van der Waals surface area contributed by atoms with Gasteiger partial charge in [-0.05, 0) is 0 Å². The number of H-pyrrole nitrogens is 1. The number of phosphoric acid groups is 1. The van der Waals surface area contributed by atoms with Gasteiger partial charge in [0.15, 0.2) is 6.10 Å². The quantitative estimate of drug-likeness (QED) is 0.389. The number of phosphoric ester groups is 1. The minimum absolute atomic E-state index is 0.368. The average molecular weight is 394 g/mol. The number of hydrogen-bond acceptors (Lipinski definition) is 6. The van der Waals surface area contributed by atoms with Gasteiger partial charge in [-0.2, -0.15) is 17.6 Å². The van der Waals surface area contributed by atoms with Crippen molar-refractivity contribution in [1.82, 2.24) is 9.55 Å². The first-order valence-corrected chi connectivity index (χ1v) is 7.98. The predicted molar refractivity (Wildman–Crippen MR) is 68.8 cm³/mol. The average Bonchev–Trinajstić information content (AvgIpc) is 2.79. The molecule has 4 atom stereocenters. The first kappa shape index (κ1) is 19.8. The molecule has 2 heterocycles. The second-order valence-corrected chi connectivity index (χ2v) is 6.25. The minimum atomic E-state index is -5.60. The Bertz CT molecular complexity index is 801. The van der Waals surface area contributed by atoms with Crippen LogP contribution >= 0.6 is 7.82 Å². The Kier molecular flexibility index (Phi) is 5.23. The lowest BCUT2D eigenvalue weighted by molar-refractivity contribution is -0.239. The molecule has 0 aliphatic carbocycles. The molecule has 1 saturated heterocycles. The summed E-state index contributed by atoms with van der Waals surface area (Å²) < 4.78 is 71.7. The van der Waals surface area contributed by atoms with Crippen LogP contribution in [0.25, 0.3) is 0 Å². The van der Waals surface area contributed by atoms with Crippen LogP contribution < -0.4 is 11.2 Å². The van der Waals surface area contributed by atoms with Crippen molar-refractivity contribution in [2.45, 2.75) is 37.1 Å². The molecule has 4 N–H and O–H groups in total. The Balaban J connectivity index is 2.33. The number of nitrogens with one attached hydrogen (secondary N) is 1. The van der Waals surface area contributed by atoms with E-state index in [9.17, 15) is 36.8 Å². The third-order valence-electron chi connectivity index (χ3n) is 3.24. The topological polar surface area (TPSA) is 151 Å². The summed E-state index contributed by atoms with van der Waals surface area (Å²) in [6, 6.07) is 0. The molecular formula is C10H11F4N2O8P. The fourth-order valence-electron chi connectivity index (χ4n) is 2.25. The number of aliphatic hydroxyl groups excluding tert-OH is 1. The van der Waals surface area contributed by atoms with E-state index in [1.165, 1.54) is 0 Å². The van der Waals surface area contributed by atoms with Crippen LogP contribution in [0.1, 0.15) is 12.6 Å². The molecule has 10 nitrogen and oxygen atoms in total. The summed E-state index contributed by atoms with van der Waals surface area (Å²) in [5.41, 5.74) is -2.59. The van der Waals surface area contributed by atoms with Gasteiger partial charge in [-0.15, -0.1) is 0 Å². The van der Waals surface area contributed by atoms with E-state index in [1.807, 2.05) is 0 Å². The molecule has 0 saturated carbocycles. The Morgan fingerprint density at radius 1 is 1.40 bits per heavy atom. The van der Waals surface area contributed by atoms with E-state index in [2.05, 4.69) is 4.52 Å². The molecule has 0 aromatic carbocycles. The van der Waals surface area contributed by atoms with Gasteiger partial charge in [0.25, 0.3) is 5.56 Å². The summed E-state index contributed by atoms with van der Waals surface area (Å²) in [6.45, 7) is 0. The Morgan fingerprint density at radius 3 is 2.52 bits per heavy atom. The van der Waals surface area contributed by atoms with Crippen LogP contribution in [-0.4, -0.2) is 48.9 Å². The van der Waals surface area contributed by atoms with Gasteiger partial charge in [-0.25, -0.2) is 9.36 Å². The third kappa shape index (κ3) is 4.54. The van der Waals surface area contributed by atoms with Crippen molar-refractivity contribution in [3.05, 3.63) is 32.9 Å². The number of nitrogens with zero attached hydrogens (tertiary/aromatic N) is 1. The SMILES string of the molecule is O=c1[nH]c(=O)n([C@H]2CC(O)[C@@H]([C@H](OP(=O)(O)O)C(F)(F)F)O2)cc1F. The maximum absolute atomic E-state index is 13.2. The van der Waals surface area contributed by atoms with Gasteiger partial charge in [0, 0.05) is 6.42 Å². The van der Waals surface area contributed by atoms with Gasteiger partial charge < -0.3 is 19.6 Å². The minimum Gasteiger partial charge on any atom is -0.390 e. The second-order valence-electron chi connectivity index (χ2n) is 5.06. The first-order chi connectivity index (χ1) is 11.3. The van der Waals surface area contributed by atoms with Crippen LogP contribution in [0.3, 0.4) is 0 Å². The maximum atomic E-state index is 13.2. The summed E-state index contributed by atoms with van der Waals surface area (Å²) in [6.07, 6.45) is -14.7. The fraction of sp³-hybridized carbons (Fsp3) is 0.600. The molecule has 2 rings (SSSR count). The van der Waals surface area contributed by atoms with Crippen molar-refractivity contribution in [3.8, 4) is 0 Å². The van der Waals surface area contributed by atoms with E-state index in [-0.39, 0.29) is 0 Å². The fourth-order valence-corrected chi connectivity index (χ4v) is 2.78. The first-order valence-electron chi connectivity index (χ1n) is 6.45. The van der Waals surface area contributed by atoms with Crippen molar-refractivity contribution in [2.75, 3.05) is 0 Å². The van der Waals surface area contributed by atoms with Crippen molar-refractivity contribution < 1.29 is 46.3 Å². The zero-order chi connectivity index (χ0) is 19.2. The van der Waals surface area contributed by atoms with Crippen molar-refractivity contribution >= 4 is 7.82 Å². The van der Waals surface area contributed by atoms with E-state index in [1.54, 1.807) is 4.98 Å². The number of rotatable bonds is 4. The monoisotopic (exact) mass is 394 g/mol. The van der Waals surface area contributed by atoms with E-state index >= 15 is 0 Å². The number of alkyl halides is 3. The van der Waals surface area contributed by atoms with Crippen molar-refractivity contribution in [2.24, 2.45) is 0 Å². The highest BCUT2D eigenvalue weighted by Crippen LogP contribution is 2.46. The Labute approximate surface area is 134 Å². The van der Waals surface area contributed by atoms with E-state index in [4.69, 9.17) is 14.5 Å². The number of aromatic amines is 1. The number of ether oxygens (including phenoxy) is 1. The highest BCUT2D eigenvalue weighted by molar-refractivity contribution is 7.46. The summed E-state index contributed by atoms with van der Waals surface area (Å²) in [7, 11) is -5.60. The molecule has 1 aliphatic heterocycles. The normalized spacial score (nSPS) is 26.0. The highest BCUT2D eigenvalue weighted by atomic mass is 31.2. The van der Waals surface area contributed by atoms with Crippen LogP contribution in [0.15, 0.2) is 15.8 Å². The summed E-state index contributed by atoms with van der Waals surface area (Å²) in [5.74, 6) is -1.43. The summed E-state index contributed by atoms with van der Waals surface area (Å²) in [4.78, 5) is 41.3. The van der Waals surface area contributed by atoms with Gasteiger partial charge in [0.1, 0.15) is 12.3 Å². The van der Waals surface area contributed by atoms with Crippen LogP contribution in [0, 0.1) is 5.82 Å². The molecular weight excluding hydrogens is 383 g/mol. The predicted octanol–water partition coefficient (Wildman–Crippen LogP) is -0.636. The molecule has 0 radical (unpaired) electrons. The zero-order valence-electron chi connectivity index (χ0n) is 11.9. The second kappa shape index (κ2) is 6.63. The number of aromatic nitrogens is 2. The lowest BCUT2D eigenvalue weighted by atomic mass is 10.1. The third-order valence-corrected chi connectivity index (χ3v) is 3.74. The largest absolute Gasteiger partial charge is 0.470 e. The van der Waals surface area contributed by atoms with Crippen LogP contribution in [-0.2, 0) is 13.8 Å². The molecule has 1 unspecified atom stereocenters. The Hall–Kier alpha value is -1.57. The summed E-state index contributed by atoms with van der Waals surface area (Å²) >= 11 is 0. The molecule has 1 fully saturated rings.